The lowest BCUT2D eigenvalue weighted by Gasteiger charge is -2.11. The number of aliphatic carboxylic acids is 1. The van der Waals surface area contributed by atoms with Crippen LogP contribution in [0.5, 0.6) is 0 Å². The summed E-state index contributed by atoms with van der Waals surface area (Å²) in [6.07, 6.45) is 1.15. The fraction of sp³-hybridized carbons (Fsp3) is 0.429. The van der Waals surface area contributed by atoms with Gasteiger partial charge in [0.05, 0.1) is 0 Å². The number of carboxylic acid groups (broad SMARTS) is 1. The van der Waals surface area contributed by atoms with Crippen LogP contribution in [0.1, 0.15) is 12.6 Å². The molecule has 0 aliphatic heterocycles. The second-order valence-corrected chi connectivity index (χ2v) is 2.66. The number of aromatic nitrogens is 2. The topological polar surface area (TPSA) is 55.1 Å². The molecular weight excluding hydrogens is 182 g/mol. The molecule has 1 aromatic heterocycles. The van der Waals surface area contributed by atoms with Gasteiger partial charge in [-0.25, -0.2) is 0 Å². The summed E-state index contributed by atoms with van der Waals surface area (Å²) in [5.74, 6) is -4.26. The molecule has 0 atom stereocenters. The number of hydrogen-bond acceptors (Lipinski definition) is 2. The van der Waals surface area contributed by atoms with Crippen molar-refractivity contribution in [2.45, 2.75) is 19.4 Å². The third-order valence-corrected chi connectivity index (χ3v) is 1.45. The summed E-state index contributed by atoms with van der Waals surface area (Å²) in [6, 6.07) is 1.10. The monoisotopic (exact) mass is 190 g/mol. The molecule has 1 N–H and O–H groups in total. The lowest BCUT2D eigenvalue weighted by atomic mass is 10.3. The number of alkyl halides is 2. The van der Waals surface area contributed by atoms with Crippen molar-refractivity contribution in [3.63, 3.8) is 0 Å². The van der Waals surface area contributed by atoms with E-state index in [0.717, 1.165) is 16.9 Å². The van der Waals surface area contributed by atoms with Gasteiger partial charge in [-0.1, -0.05) is 0 Å². The van der Waals surface area contributed by atoms with Crippen LogP contribution < -0.4 is 0 Å². The molecule has 1 rings (SSSR count). The summed E-state index contributed by atoms with van der Waals surface area (Å²) < 4.78 is 26.3. The van der Waals surface area contributed by atoms with Crippen LogP contribution in [0.3, 0.4) is 0 Å². The van der Waals surface area contributed by atoms with Crippen LogP contribution in [0.2, 0.25) is 0 Å². The van der Waals surface area contributed by atoms with Gasteiger partial charge in [-0.05, 0) is 6.07 Å². The fourth-order valence-electron chi connectivity index (χ4n) is 0.960. The van der Waals surface area contributed by atoms with Gasteiger partial charge < -0.3 is 5.11 Å². The minimum Gasteiger partial charge on any atom is -0.480 e. The Kier molecular flexibility index (Phi) is 2.31. The van der Waals surface area contributed by atoms with Crippen LogP contribution in [0.25, 0.3) is 0 Å². The largest absolute Gasteiger partial charge is 0.480 e. The van der Waals surface area contributed by atoms with Crippen molar-refractivity contribution in [3.8, 4) is 0 Å². The van der Waals surface area contributed by atoms with Crippen molar-refractivity contribution in [1.29, 1.82) is 0 Å². The fourth-order valence-corrected chi connectivity index (χ4v) is 0.960. The molecule has 0 unspecified atom stereocenters. The Balaban J connectivity index is 2.96. The molecule has 0 radical (unpaired) electrons. The molecule has 13 heavy (non-hydrogen) atoms. The Labute approximate surface area is 72.8 Å². The Morgan fingerprint density at radius 3 is 2.85 bits per heavy atom. The molecule has 0 aliphatic rings. The van der Waals surface area contributed by atoms with Crippen molar-refractivity contribution < 1.29 is 18.7 Å². The van der Waals surface area contributed by atoms with Crippen LogP contribution >= 0.6 is 0 Å². The number of nitrogens with zero attached hydrogens (tertiary/aromatic N) is 2. The van der Waals surface area contributed by atoms with Gasteiger partial charge in [0.2, 0.25) is 0 Å². The molecule has 0 fully saturated rings. The highest BCUT2D eigenvalue weighted by Gasteiger charge is 2.29. The first kappa shape index (κ1) is 9.63. The number of carbonyl (C=O) groups is 1. The molecule has 72 valence electrons. The third kappa shape index (κ3) is 2.24. The first-order valence-electron chi connectivity index (χ1n) is 3.53. The maximum atomic E-state index is 12.7. The van der Waals surface area contributed by atoms with Crippen molar-refractivity contribution >= 4 is 5.97 Å². The number of rotatable bonds is 3. The lowest BCUT2D eigenvalue weighted by molar-refractivity contribution is -0.138. The van der Waals surface area contributed by atoms with Gasteiger partial charge >= 0.3 is 5.97 Å². The highest BCUT2D eigenvalue weighted by molar-refractivity contribution is 5.66. The van der Waals surface area contributed by atoms with Crippen molar-refractivity contribution in [2.24, 2.45) is 0 Å². The molecule has 1 heterocycles. The summed E-state index contributed by atoms with van der Waals surface area (Å²) in [5.41, 5.74) is -0.394. The highest BCUT2D eigenvalue weighted by Crippen LogP contribution is 2.26. The van der Waals surface area contributed by atoms with Gasteiger partial charge in [-0.2, -0.15) is 13.9 Å². The molecule has 0 spiro atoms. The normalized spacial score (nSPS) is 11.6. The second kappa shape index (κ2) is 3.12. The van der Waals surface area contributed by atoms with Gasteiger partial charge in [-0.15, -0.1) is 0 Å². The smallest absolute Gasteiger partial charge is 0.325 e. The van der Waals surface area contributed by atoms with E-state index >= 15 is 0 Å². The number of hydrogen-bond donors (Lipinski definition) is 1. The molecule has 4 nitrogen and oxygen atoms in total. The second-order valence-electron chi connectivity index (χ2n) is 2.66. The maximum absolute atomic E-state index is 12.7. The van der Waals surface area contributed by atoms with Crippen molar-refractivity contribution in [2.75, 3.05) is 0 Å². The van der Waals surface area contributed by atoms with E-state index in [1.807, 2.05) is 0 Å². The van der Waals surface area contributed by atoms with Crippen LogP contribution in [0, 0.1) is 0 Å². The molecule has 6 heteroatoms. The van der Waals surface area contributed by atoms with E-state index in [4.69, 9.17) is 5.11 Å². The summed E-state index contributed by atoms with van der Waals surface area (Å²) in [6.45, 7) is 0.147. The predicted molar refractivity (Wildman–Crippen MR) is 39.4 cm³/mol. The Morgan fingerprint density at radius 2 is 2.38 bits per heavy atom. The van der Waals surface area contributed by atoms with Crippen LogP contribution in [0.4, 0.5) is 8.78 Å². The van der Waals surface area contributed by atoms with Crippen molar-refractivity contribution in [1.82, 2.24) is 9.78 Å². The van der Waals surface area contributed by atoms with Crippen LogP contribution in [-0.4, -0.2) is 20.9 Å². The molecule has 0 aromatic carbocycles. The summed E-state index contributed by atoms with van der Waals surface area (Å²) in [4.78, 5) is 10.2. The van der Waals surface area contributed by atoms with Crippen LogP contribution in [-0.2, 0) is 17.3 Å². The minimum absolute atomic E-state index is 0.394. The molecule has 0 saturated carbocycles. The van der Waals surface area contributed by atoms with Gasteiger partial charge in [0.1, 0.15) is 12.2 Å². The Bertz CT molecular complexity index is 317. The van der Waals surface area contributed by atoms with E-state index < -0.39 is 24.1 Å². The molecule has 0 bridgehead atoms. The summed E-state index contributed by atoms with van der Waals surface area (Å²) in [5, 5.41) is 11.8. The van der Waals surface area contributed by atoms with Gasteiger partial charge in [-0.3, -0.25) is 9.48 Å². The van der Waals surface area contributed by atoms with E-state index in [9.17, 15) is 13.6 Å². The number of carboxylic acids is 1. The van der Waals surface area contributed by atoms with Gasteiger partial charge in [0, 0.05) is 13.1 Å². The summed E-state index contributed by atoms with van der Waals surface area (Å²) in [7, 11) is 0. The molecular formula is C7H8F2N2O2. The van der Waals surface area contributed by atoms with E-state index in [2.05, 4.69) is 5.10 Å². The van der Waals surface area contributed by atoms with E-state index in [1.54, 1.807) is 0 Å². The highest BCUT2D eigenvalue weighted by atomic mass is 19.3. The lowest BCUT2D eigenvalue weighted by Crippen LogP contribution is -2.19. The molecule has 1 aromatic rings. The zero-order valence-electron chi connectivity index (χ0n) is 6.87. The quantitative estimate of drug-likeness (QED) is 0.775. The molecule has 0 saturated heterocycles. The van der Waals surface area contributed by atoms with Gasteiger partial charge in [0.25, 0.3) is 5.92 Å². The number of halogens is 2. The zero-order valence-corrected chi connectivity index (χ0v) is 6.87. The van der Waals surface area contributed by atoms with E-state index in [1.165, 1.54) is 0 Å². The standard InChI is InChI=1S/C7H8F2N2O2/c1-7(8,9)5-2-3-10-11(5)4-6(12)13/h2-3H,4H2,1H3,(H,12,13). The van der Waals surface area contributed by atoms with Gasteiger partial charge in [0.15, 0.2) is 0 Å². The SMILES string of the molecule is CC(F)(F)c1ccnn1CC(=O)O. The molecule has 0 aliphatic carbocycles. The average Bonchev–Trinajstić information content (AvgIpc) is 2.31. The van der Waals surface area contributed by atoms with Crippen molar-refractivity contribution in [3.05, 3.63) is 18.0 Å². The van der Waals surface area contributed by atoms with Crippen LogP contribution in [0.15, 0.2) is 12.3 Å². The van der Waals surface area contributed by atoms with E-state index in [0.29, 0.717) is 6.92 Å². The summed E-state index contributed by atoms with van der Waals surface area (Å²) >= 11 is 0. The third-order valence-electron chi connectivity index (χ3n) is 1.45. The maximum Gasteiger partial charge on any atom is 0.325 e. The minimum atomic E-state index is -3.06. The predicted octanol–water partition coefficient (Wildman–Crippen LogP) is 1.08. The zero-order chi connectivity index (χ0) is 10.1. The molecule has 0 amide bonds. The first-order chi connectivity index (χ1) is 5.91. The Hall–Kier alpha value is -1.46. The Morgan fingerprint density at radius 1 is 1.77 bits per heavy atom. The average molecular weight is 190 g/mol. The van der Waals surface area contributed by atoms with E-state index in [-0.39, 0.29) is 0 Å². The first-order valence-corrected chi connectivity index (χ1v) is 3.53.